The van der Waals surface area contributed by atoms with Gasteiger partial charge in [-0.25, -0.2) is 0 Å². The molecular formula is C18H29N3O4. The monoisotopic (exact) mass is 351 g/mol. The maximum absolute atomic E-state index is 5.95. The number of benzene rings is 1. The number of nitrogens with zero attached hydrogens (tertiary/aromatic N) is 1. The van der Waals surface area contributed by atoms with Crippen molar-refractivity contribution in [3.63, 3.8) is 0 Å². The number of hydrogen-bond donors (Lipinski definition) is 2. The van der Waals surface area contributed by atoms with Crippen molar-refractivity contribution < 1.29 is 18.9 Å². The van der Waals surface area contributed by atoms with Crippen molar-refractivity contribution in [2.75, 3.05) is 66.7 Å². The van der Waals surface area contributed by atoms with Crippen LogP contribution in [-0.2, 0) is 9.47 Å². The molecular weight excluding hydrogens is 322 g/mol. The first-order valence-corrected chi connectivity index (χ1v) is 8.93. The molecule has 25 heavy (non-hydrogen) atoms. The van der Waals surface area contributed by atoms with E-state index in [0.717, 1.165) is 44.2 Å². The van der Waals surface area contributed by atoms with Gasteiger partial charge < -0.3 is 29.6 Å². The van der Waals surface area contributed by atoms with Crippen molar-refractivity contribution >= 4 is 0 Å². The fraction of sp³-hybridized carbons (Fsp3) is 0.667. The first-order chi connectivity index (χ1) is 12.3. The third-order valence-corrected chi connectivity index (χ3v) is 4.72. The third-order valence-electron chi connectivity index (χ3n) is 4.72. The molecule has 1 aromatic carbocycles. The average Bonchev–Trinajstić information content (AvgIpc) is 2.69. The van der Waals surface area contributed by atoms with E-state index in [1.165, 1.54) is 5.56 Å². The molecule has 1 fully saturated rings. The van der Waals surface area contributed by atoms with Gasteiger partial charge in [-0.05, 0) is 6.07 Å². The lowest BCUT2D eigenvalue weighted by Gasteiger charge is -2.37. The molecule has 0 bridgehead atoms. The summed E-state index contributed by atoms with van der Waals surface area (Å²) < 4.78 is 22.3. The van der Waals surface area contributed by atoms with Crippen molar-refractivity contribution in [1.29, 1.82) is 0 Å². The predicted octanol–water partition coefficient (Wildman–Crippen LogP) is 0.613. The summed E-state index contributed by atoms with van der Waals surface area (Å²) >= 11 is 0. The average molecular weight is 351 g/mol. The van der Waals surface area contributed by atoms with Crippen molar-refractivity contribution in [3.8, 4) is 11.5 Å². The number of nitrogens with one attached hydrogen (secondary N) is 2. The van der Waals surface area contributed by atoms with Crippen LogP contribution in [0.2, 0.25) is 0 Å². The fourth-order valence-electron chi connectivity index (χ4n) is 3.39. The molecule has 140 valence electrons. The number of ether oxygens (including phenoxy) is 4. The van der Waals surface area contributed by atoms with Crippen LogP contribution in [0, 0.1) is 0 Å². The Bertz CT molecular complexity index is 533. The van der Waals surface area contributed by atoms with Crippen molar-refractivity contribution in [1.82, 2.24) is 15.5 Å². The van der Waals surface area contributed by atoms with Gasteiger partial charge in [-0.3, -0.25) is 4.90 Å². The second-order valence-corrected chi connectivity index (χ2v) is 6.23. The largest absolute Gasteiger partial charge is 0.486 e. The van der Waals surface area contributed by atoms with Gasteiger partial charge in [0, 0.05) is 59.1 Å². The van der Waals surface area contributed by atoms with E-state index in [1.807, 2.05) is 12.1 Å². The summed E-state index contributed by atoms with van der Waals surface area (Å²) in [5.74, 6) is 1.73. The molecule has 1 aromatic rings. The summed E-state index contributed by atoms with van der Waals surface area (Å²) in [6, 6.07) is 6.39. The van der Waals surface area contributed by atoms with E-state index in [9.17, 15) is 0 Å². The van der Waals surface area contributed by atoms with Crippen molar-refractivity contribution in [2.24, 2.45) is 0 Å². The molecule has 1 unspecified atom stereocenters. The Hall–Kier alpha value is -1.38. The van der Waals surface area contributed by atoms with Gasteiger partial charge in [0.05, 0.1) is 6.04 Å². The standard InChI is InChI=1S/C18H29N3O4/c1-22-17(23-2)13-20-12-15(21-8-6-19-7-9-21)14-4-3-5-16-18(14)25-11-10-24-16/h3-5,15,17,19-20H,6-13H2,1-2H3. The number of piperazine rings is 1. The van der Waals surface area contributed by atoms with E-state index in [4.69, 9.17) is 18.9 Å². The molecule has 1 saturated heterocycles. The predicted molar refractivity (Wildman–Crippen MR) is 95.3 cm³/mol. The van der Waals surface area contributed by atoms with Gasteiger partial charge in [0.1, 0.15) is 13.2 Å². The van der Waals surface area contributed by atoms with Gasteiger partial charge in [0.25, 0.3) is 0 Å². The maximum Gasteiger partial charge on any atom is 0.169 e. The van der Waals surface area contributed by atoms with E-state index in [0.29, 0.717) is 19.8 Å². The van der Waals surface area contributed by atoms with Gasteiger partial charge in [-0.2, -0.15) is 0 Å². The Morgan fingerprint density at radius 1 is 1.12 bits per heavy atom. The molecule has 2 N–H and O–H groups in total. The van der Waals surface area contributed by atoms with Crippen molar-refractivity contribution in [3.05, 3.63) is 23.8 Å². The van der Waals surface area contributed by atoms with E-state index >= 15 is 0 Å². The number of para-hydroxylation sites is 1. The highest BCUT2D eigenvalue weighted by Gasteiger charge is 2.27. The first-order valence-electron chi connectivity index (χ1n) is 8.93. The highest BCUT2D eigenvalue weighted by atomic mass is 16.7. The van der Waals surface area contributed by atoms with Gasteiger partial charge in [-0.1, -0.05) is 12.1 Å². The van der Waals surface area contributed by atoms with Crippen molar-refractivity contribution in [2.45, 2.75) is 12.3 Å². The molecule has 3 rings (SSSR count). The molecule has 7 heteroatoms. The minimum atomic E-state index is -0.243. The van der Waals surface area contributed by atoms with Gasteiger partial charge in [0.15, 0.2) is 17.8 Å². The topological polar surface area (TPSA) is 64.2 Å². The van der Waals surface area contributed by atoms with Crippen LogP contribution in [0.15, 0.2) is 18.2 Å². The number of fused-ring (bicyclic) bond motifs is 1. The molecule has 1 atom stereocenters. The van der Waals surface area contributed by atoms with Gasteiger partial charge in [-0.15, -0.1) is 0 Å². The van der Waals surface area contributed by atoms with E-state index in [2.05, 4.69) is 21.6 Å². The lowest BCUT2D eigenvalue weighted by Crippen LogP contribution is -2.48. The molecule has 2 heterocycles. The Labute approximate surface area is 149 Å². The normalized spacial score (nSPS) is 19.2. The molecule has 2 aliphatic heterocycles. The molecule has 0 saturated carbocycles. The lowest BCUT2D eigenvalue weighted by molar-refractivity contribution is -0.0992. The molecule has 0 radical (unpaired) electrons. The van der Waals surface area contributed by atoms with Crippen LogP contribution < -0.4 is 20.1 Å². The van der Waals surface area contributed by atoms with Gasteiger partial charge in [0.2, 0.25) is 0 Å². The molecule has 7 nitrogen and oxygen atoms in total. The second kappa shape index (κ2) is 9.35. The lowest BCUT2D eigenvalue weighted by atomic mass is 10.0. The van der Waals surface area contributed by atoms with Crippen LogP contribution in [-0.4, -0.2) is 77.9 Å². The smallest absolute Gasteiger partial charge is 0.169 e. The van der Waals surface area contributed by atoms with Crippen LogP contribution in [0.3, 0.4) is 0 Å². The zero-order chi connectivity index (χ0) is 17.5. The minimum absolute atomic E-state index is 0.216. The quantitative estimate of drug-likeness (QED) is 0.666. The van der Waals surface area contributed by atoms with E-state index in [1.54, 1.807) is 14.2 Å². The van der Waals surface area contributed by atoms with Crippen LogP contribution in [0.4, 0.5) is 0 Å². The Balaban J connectivity index is 1.76. The maximum atomic E-state index is 5.95. The molecule has 0 spiro atoms. The number of methoxy groups -OCH3 is 2. The summed E-state index contributed by atoms with van der Waals surface area (Å²) in [4.78, 5) is 2.49. The highest BCUT2D eigenvalue weighted by molar-refractivity contribution is 5.49. The van der Waals surface area contributed by atoms with Crippen LogP contribution in [0.25, 0.3) is 0 Å². The minimum Gasteiger partial charge on any atom is -0.486 e. The summed E-state index contributed by atoms with van der Waals surface area (Å²) in [7, 11) is 3.31. The Morgan fingerprint density at radius 3 is 2.64 bits per heavy atom. The molecule has 0 aliphatic carbocycles. The van der Waals surface area contributed by atoms with Crippen LogP contribution in [0.5, 0.6) is 11.5 Å². The zero-order valence-corrected chi connectivity index (χ0v) is 15.1. The zero-order valence-electron chi connectivity index (χ0n) is 15.1. The van der Waals surface area contributed by atoms with Crippen LogP contribution in [0.1, 0.15) is 11.6 Å². The number of rotatable bonds is 8. The Kier molecular flexibility index (Phi) is 6.89. The molecule has 0 amide bonds. The summed E-state index contributed by atoms with van der Waals surface area (Å²) in [6.45, 7) is 6.66. The number of hydrogen-bond acceptors (Lipinski definition) is 7. The molecule has 0 aromatic heterocycles. The Morgan fingerprint density at radius 2 is 1.88 bits per heavy atom. The highest BCUT2D eigenvalue weighted by Crippen LogP contribution is 2.38. The first kappa shape index (κ1) is 18.4. The summed E-state index contributed by atoms with van der Waals surface area (Å²) in [5.41, 5.74) is 1.18. The fourth-order valence-corrected chi connectivity index (χ4v) is 3.39. The SMILES string of the molecule is COC(CNCC(c1cccc2c1OCCO2)N1CCNCC1)OC. The van der Waals surface area contributed by atoms with Gasteiger partial charge >= 0.3 is 0 Å². The van der Waals surface area contributed by atoms with E-state index in [-0.39, 0.29) is 12.3 Å². The third kappa shape index (κ3) is 4.62. The summed E-state index contributed by atoms with van der Waals surface area (Å²) in [5, 5.41) is 6.90. The van der Waals surface area contributed by atoms with E-state index < -0.39 is 0 Å². The second-order valence-electron chi connectivity index (χ2n) is 6.23. The molecule has 2 aliphatic rings. The van der Waals surface area contributed by atoms with Crippen LogP contribution >= 0.6 is 0 Å². The summed E-state index contributed by atoms with van der Waals surface area (Å²) in [6.07, 6.45) is -0.243.